The first-order chi connectivity index (χ1) is 8.85. The fraction of sp³-hybridized carbons (Fsp3) is 0.615. The minimum absolute atomic E-state index is 0.0689. The maximum absolute atomic E-state index is 13.9. The van der Waals surface area contributed by atoms with E-state index in [0.717, 1.165) is 12.6 Å². The number of nitrogens with one attached hydrogen (secondary N) is 1. The van der Waals surface area contributed by atoms with Crippen LogP contribution < -0.4 is 10.2 Å². The third-order valence-corrected chi connectivity index (χ3v) is 3.76. The topological polar surface area (TPSA) is 31.4 Å². The number of rotatable bonds is 2. The summed E-state index contributed by atoms with van der Waals surface area (Å²) in [6.45, 7) is 6.35. The third-order valence-electron chi connectivity index (χ3n) is 3.76. The molecule has 4 nitrogen and oxygen atoms in total. The minimum atomic E-state index is -0.669. The predicted octanol–water partition coefficient (Wildman–Crippen LogP) is 1.93. The maximum atomic E-state index is 13.9. The summed E-state index contributed by atoms with van der Waals surface area (Å²) in [6, 6.07) is 0.888. The van der Waals surface area contributed by atoms with Gasteiger partial charge < -0.3 is 10.2 Å². The summed E-state index contributed by atoms with van der Waals surface area (Å²) >= 11 is 0. The van der Waals surface area contributed by atoms with Crippen molar-refractivity contribution < 1.29 is 8.78 Å². The molecule has 1 fully saturated rings. The zero-order valence-electron chi connectivity index (χ0n) is 11.8. The minimum Gasteiger partial charge on any atom is -0.371 e. The zero-order chi connectivity index (χ0) is 14.2. The summed E-state index contributed by atoms with van der Waals surface area (Å²) in [5.41, 5.74) is -0.0689. The van der Waals surface area contributed by atoms with Crippen molar-refractivity contribution in [2.24, 2.45) is 0 Å². The Morgan fingerprint density at radius 1 is 1.26 bits per heavy atom. The molecule has 0 spiro atoms. The van der Waals surface area contributed by atoms with Gasteiger partial charge in [-0.25, -0.2) is 13.8 Å². The van der Waals surface area contributed by atoms with Gasteiger partial charge in [0.2, 0.25) is 0 Å². The standard InChI is InChI=1S/C13H20F2N4/c1-13(2)8-19(6-5-18(13)4)12-10(15)7-9(14)11(16-3)17-12/h7H,5-6,8H2,1-4H3,(H,16,17). The van der Waals surface area contributed by atoms with E-state index in [2.05, 4.69) is 29.0 Å². The Morgan fingerprint density at radius 3 is 2.53 bits per heavy atom. The van der Waals surface area contributed by atoms with Gasteiger partial charge in [-0.3, -0.25) is 4.90 Å². The second-order valence-corrected chi connectivity index (χ2v) is 5.53. The van der Waals surface area contributed by atoms with E-state index in [1.165, 1.54) is 0 Å². The van der Waals surface area contributed by atoms with E-state index in [4.69, 9.17) is 0 Å². The van der Waals surface area contributed by atoms with Crippen LogP contribution in [0.15, 0.2) is 6.07 Å². The summed E-state index contributed by atoms with van der Waals surface area (Å²) < 4.78 is 27.3. The van der Waals surface area contributed by atoms with Crippen molar-refractivity contribution in [1.82, 2.24) is 9.88 Å². The Bertz CT molecular complexity index is 476. The summed E-state index contributed by atoms with van der Waals surface area (Å²) in [7, 11) is 3.62. The van der Waals surface area contributed by atoms with Gasteiger partial charge in [0.05, 0.1) is 0 Å². The van der Waals surface area contributed by atoms with Gasteiger partial charge in [-0.05, 0) is 20.9 Å². The van der Waals surface area contributed by atoms with Gasteiger partial charge in [0, 0.05) is 38.3 Å². The van der Waals surface area contributed by atoms with Gasteiger partial charge in [0.25, 0.3) is 0 Å². The number of hydrogen-bond acceptors (Lipinski definition) is 4. The molecule has 1 aliphatic heterocycles. The molecule has 2 rings (SSSR count). The Balaban J connectivity index is 2.32. The lowest BCUT2D eigenvalue weighted by atomic mass is 10.00. The smallest absolute Gasteiger partial charge is 0.168 e. The van der Waals surface area contributed by atoms with Gasteiger partial charge in [-0.2, -0.15) is 0 Å². The fourth-order valence-corrected chi connectivity index (χ4v) is 2.27. The van der Waals surface area contributed by atoms with Crippen LogP contribution in [-0.2, 0) is 0 Å². The lowest BCUT2D eigenvalue weighted by Gasteiger charge is -2.45. The molecule has 1 aromatic heterocycles. The molecule has 0 unspecified atom stereocenters. The summed E-state index contributed by atoms with van der Waals surface area (Å²) in [4.78, 5) is 8.15. The number of likely N-dealkylation sites (N-methyl/N-ethyl adjacent to an activating group) is 1. The number of aromatic nitrogens is 1. The van der Waals surface area contributed by atoms with E-state index in [1.54, 1.807) is 7.05 Å². The molecule has 0 amide bonds. The lowest BCUT2D eigenvalue weighted by Crippen LogP contribution is -2.58. The van der Waals surface area contributed by atoms with Crippen LogP contribution in [0.3, 0.4) is 0 Å². The fourth-order valence-electron chi connectivity index (χ4n) is 2.27. The molecule has 0 aliphatic carbocycles. The summed E-state index contributed by atoms with van der Waals surface area (Å²) in [6.07, 6.45) is 0. The van der Waals surface area contributed by atoms with E-state index in [9.17, 15) is 8.78 Å². The molecule has 1 aliphatic rings. The molecule has 1 saturated heterocycles. The first-order valence-electron chi connectivity index (χ1n) is 6.35. The van der Waals surface area contributed by atoms with Crippen LogP contribution in [-0.4, -0.2) is 49.2 Å². The van der Waals surface area contributed by atoms with E-state index in [1.807, 2.05) is 11.9 Å². The highest BCUT2D eigenvalue weighted by molar-refractivity contribution is 5.49. The molecule has 19 heavy (non-hydrogen) atoms. The van der Waals surface area contributed by atoms with Crippen molar-refractivity contribution in [3.05, 3.63) is 17.7 Å². The molecule has 0 radical (unpaired) electrons. The van der Waals surface area contributed by atoms with Crippen molar-refractivity contribution in [3.8, 4) is 0 Å². The number of hydrogen-bond donors (Lipinski definition) is 1. The van der Waals surface area contributed by atoms with Crippen LogP contribution in [0.4, 0.5) is 20.4 Å². The van der Waals surface area contributed by atoms with Crippen LogP contribution >= 0.6 is 0 Å². The van der Waals surface area contributed by atoms with E-state index in [-0.39, 0.29) is 17.2 Å². The molecule has 106 valence electrons. The van der Waals surface area contributed by atoms with Crippen molar-refractivity contribution in [2.45, 2.75) is 19.4 Å². The van der Waals surface area contributed by atoms with Crippen LogP contribution in [0.25, 0.3) is 0 Å². The molecule has 0 bridgehead atoms. The molecule has 0 atom stereocenters. The van der Waals surface area contributed by atoms with Gasteiger partial charge in [-0.1, -0.05) is 0 Å². The molecular formula is C13H20F2N4. The van der Waals surface area contributed by atoms with Crippen molar-refractivity contribution in [1.29, 1.82) is 0 Å². The van der Waals surface area contributed by atoms with Crippen LogP contribution in [0, 0.1) is 11.6 Å². The van der Waals surface area contributed by atoms with Gasteiger partial charge in [0.15, 0.2) is 23.3 Å². The molecule has 6 heteroatoms. The number of pyridine rings is 1. The average molecular weight is 270 g/mol. The number of anilines is 2. The summed E-state index contributed by atoms with van der Waals surface area (Å²) in [5, 5.41) is 2.64. The molecule has 0 aromatic carbocycles. The molecule has 1 N–H and O–H groups in total. The Hall–Kier alpha value is -1.43. The van der Waals surface area contributed by atoms with Gasteiger partial charge in [-0.15, -0.1) is 0 Å². The SMILES string of the molecule is CNc1nc(N2CCN(C)C(C)(C)C2)c(F)cc1F. The largest absolute Gasteiger partial charge is 0.371 e. The normalized spacial score (nSPS) is 19.6. The highest BCUT2D eigenvalue weighted by atomic mass is 19.1. The monoisotopic (exact) mass is 270 g/mol. The molecule has 1 aromatic rings. The second-order valence-electron chi connectivity index (χ2n) is 5.53. The van der Waals surface area contributed by atoms with E-state index in [0.29, 0.717) is 13.1 Å². The van der Waals surface area contributed by atoms with Crippen molar-refractivity contribution >= 4 is 11.6 Å². The van der Waals surface area contributed by atoms with E-state index < -0.39 is 11.6 Å². The van der Waals surface area contributed by atoms with Gasteiger partial charge in [0.1, 0.15) is 0 Å². The molecule has 0 saturated carbocycles. The van der Waals surface area contributed by atoms with E-state index >= 15 is 0 Å². The van der Waals surface area contributed by atoms with Crippen LogP contribution in [0.1, 0.15) is 13.8 Å². The van der Waals surface area contributed by atoms with Crippen molar-refractivity contribution in [3.63, 3.8) is 0 Å². The predicted molar refractivity (Wildman–Crippen MR) is 72.6 cm³/mol. The summed E-state index contributed by atoms with van der Waals surface area (Å²) in [5.74, 6) is -0.992. The first-order valence-corrected chi connectivity index (χ1v) is 6.35. The highest BCUT2D eigenvalue weighted by Gasteiger charge is 2.33. The van der Waals surface area contributed by atoms with Crippen LogP contribution in [0.2, 0.25) is 0 Å². The third kappa shape index (κ3) is 2.63. The molecular weight excluding hydrogens is 250 g/mol. The van der Waals surface area contributed by atoms with Crippen LogP contribution in [0.5, 0.6) is 0 Å². The molecule has 2 heterocycles. The first kappa shape index (κ1) is 14.0. The second kappa shape index (κ2) is 4.92. The Labute approximate surface area is 112 Å². The Kier molecular flexibility index (Phi) is 3.62. The lowest BCUT2D eigenvalue weighted by molar-refractivity contribution is 0.138. The number of halogens is 2. The number of nitrogens with zero attached hydrogens (tertiary/aromatic N) is 3. The highest BCUT2D eigenvalue weighted by Crippen LogP contribution is 2.27. The number of piperazine rings is 1. The average Bonchev–Trinajstić information content (AvgIpc) is 2.33. The quantitative estimate of drug-likeness (QED) is 0.890. The maximum Gasteiger partial charge on any atom is 0.168 e. The Morgan fingerprint density at radius 2 is 1.95 bits per heavy atom. The van der Waals surface area contributed by atoms with Crippen molar-refractivity contribution in [2.75, 3.05) is 43.9 Å². The van der Waals surface area contributed by atoms with Gasteiger partial charge >= 0.3 is 0 Å². The zero-order valence-corrected chi connectivity index (χ0v) is 11.8.